The highest BCUT2D eigenvalue weighted by molar-refractivity contribution is 5.99. The molecular weight excluding hydrogens is 364 g/mol. The van der Waals surface area contributed by atoms with E-state index < -0.39 is 0 Å². The van der Waals surface area contributed by atoms with Gasteiger partial charge in [0, 0.05) is 16.8 Å². The average molecular weight is 382 g/mol. The smallest absolute Gasteiger partial charge is 0.251 e. The lowest BCUT2D eigenvalue weighted by molar-refractivity contribution is -0.115. The van der Waals surface area contributed by atoms with Crippen molar-refractivity contribution in [2.75, 3.05) is 11.9 Å². The molecule has 0 saturated heterocycles. The molecule has 0 atom stereocenters. The Morgan fingerprint density at radius 3 is 2.41 bits per heavy atom. The van der Waals surface area contributed by atoms with Crippen molar-refractivity contribution in [2.24, 2.45) is 0 Å². The third kappa shape index (κ3) is 4.44. The first-order valence-electron chi connectivity index (χ1n) is 9.14. The SMILES string of the molecule is O=C(CNC(=O)c1ccccc1)Nc1cccc(-c2cnc3ccccc3n2)c1. The molecule has 6 nitrogen and oxygen atoms in total. The molecule has 6 heteroatoms. The van der Waals surface area contributed by atoms with E-state index in [4.69, 9.17) is 0 Å². The molecule has 0 spiro atoms. The summed E-state index contributed by atoms with van der Waals surface area (Å²) in [6, 6.07) is 23.8. The standard InChI is InChI=1S/C23H18N4O2/c28-22(15-25-23(29)16-7-2-1-3-8-16)26-18-10-6-9-17(13-18)21-14-24-19-11-4-5-12-20(19)27-21/h1-14H,15H2,(H,25,29)(H,26,28). The summed E-state index contributed by atoms with van der Waals surface area (Å²) in [4.78, 5) is 33.3. The number of amides is 2. The molecule has 29 heavy (non-hydrogen) atoms. The molecule has 0 unspecified atom stereocenters. The van der Waals surface area contributed by atoms with Gasteiger partial charge in [-0.25, -0.2) is 4.98 Å². The number of nitrogens with one attached hydrogen (secondary N) is 2. The Morgan fingerprint density at radius 2 is 1.59 bits per heavy atom. The van der Waals surface area contributed by atoms with Crippen molar-refractivity contribution in [1.82, 2.24) is 15.3 Å². The maximum atomic E-state index is 12.2. The van der Waals surface area contributed by atoms with Gasteiger partial charge in [0.1, 0.15) is 0 Å². The van der Waals surface area contributed by atoms with Crippen LogP contribution in [0.5, 0.6) is 0 Å². The molecule has 0 aliphatic carbocycles. The number of hydrogen-bond donors (Lipinski definition) is 2. The van der Waals surface area contributed by atoms with E-state index in [0.29, 0.717) is 11.3 Å². The Morgan fingerprint density at radius 1 is 0.828 bits per heavy atom. The summed E-state index contributed by atoms with van der Waals surface area (Å²) in [5.74, 6) is -0.600. The molecule has 0 saturated carbocycles. The number of hydrogen-bond acceptors (Lipinski definition) is 4. The molecule has 4 rings (SSSR count). The van der Waals surface area contributed by atoms with E-state index in [0.717, 1.165) is 22.3 Å². The minimum Gasteiger partial charge on any atom is -0.343 e. The van der Waals surface area contributed by atoms with Crippen LogP contribution in [-0.4, -0.2) is 28.3 Å². The summed E-state index contributed by atoms with van der Waals surface area (Å²) < 4.78 is 0. The van der Waals surface area contributed by atoms with Crippen molar-refractivity contribution in [3.05, 3.63) is 90.6 Å². The molecule has 1 aromatic heterocycles. The van der Waals surface area contributed by atoms with Gasteiger partial charge in [0.05, 0.1) is 29.5 Å². The van der Waals surface area contributed by atoms with E-state index in [1.807, 2.05) is 48.5 Å². The molecule has 0 fully saturated rings. The highest BCUT2D eigenvalue weighted by atomic mass is 16.2. The number of para-hydroxylation sites is 2. The summed E-state index contributed by atoms with van der Waals surface area (Å²) in [7, 11) is 0. The molecule has 142 valence electrons. The highest BCUT2D eigenvalue weighted by Gasteiger charge is 2.09. The molecule has 2 amide bonds. The second-order valence-corrected chi connectivity index (χ2v) is 6.42. The van der Waals surface area contributed by atoms with Crippen LogP contribution in [0.1, 0.15) is 10.4 Å². The van der Waals surface area contributed by atoms with Gasteiger partial charge >= 0.3 is 0 Å². The maximum Gasteiger partial charge on any atom is 0.251 e. The van der Waals surface area contributed by atoms with Crippen LogP contribution in [0.4, 0.5) is 5.69 Å². The molecule has 0 aliphatic rings. The lowest BCUT2D eigenvalue weighted by atomic mass is 10.1. The number of aromatic nitrogens is 2. The minimum absolute atomic E-state index is 0.117. The van der Waals surface area contributed by atoms with Gasteiger partial charge < -0.3 is 10.6 Å². The fourth-order valence-corrected chi connectivity index (χ4v) is 2.91. The average Bonchev–Trinajstić information content (AvgIpc) is 2.78. The zero-order valence-corrected chi connectivity index (χ0v) is 15.5. The van der Waals surface area contributed by atoms with E-state index in [1.54, 1.807) is 36.5 Å². The second kappa shape index (κ2) is 8.31. The predicted octanol–water partition coefficient (Wildman–Crippen LogP) is 3.67. The largest absolute Gasteiger partial charge is 0.343 e. The van der Waals surface area contributed by atoms with E-state index in [9.17, 15) is 9.59 Å². The van der Waals surface area contributed by atoms with Crippen molar-refractivity contribution in [3.63, 3.8) is 0 Å². The van der Waals surface area contributed by atoms with Crippen LogP contribution in [0.25, 0.3) is 22.3 Å². The van der Waals surface area contributed by atoms with Crippen LogP contribution in [0.2, 0.25) is 0 Å². The fraction of sp³-hybridized carbons (Fsp3) is 0.0435. The number of rotatable bonds is 5. The lowest BCUT2D eigenvalue weighted by Gasteiger charge is -2.09. The molecule has 0 bridgehead atoms. The molecule has 3 aromatic carbocycles. The Bertz CT molecular complexity index is 1180. The Hall–Kier alpha value is -4.06. The lowest BCUT2D eigenvalue weighted by Crippen LogP contribution is -2.32. The first-order valence-corrected chi connectivity index (χ1v) is 9.14. The van der Waals surface area contributed by atoms with E-state index in [-0.39, 0.29) is 18.4 Å². The van der Waals surface area contributed by atoms with Crippen LogP contribution in [0.15, 0.2) is 85.1 Å². The highest BCUT2D eigenvalue weighted by Crippen LogP contribution is 2.22. The Labute approximate surface area is 167 Å². The van der Waals surface area contributed by atoms with Gasteiger partial charge in [-0.3, -0.25) is 14.6 Å². The normalized spacial score (nSPS) is 10.5. The Kier molecular flexibility index (Phi) is 5.25. The van der Waals surface area contributed by atoms with Gasteiger partial charge in [0.15, 0.2) is 0 Å². The summed E-state index contributed by atoms with van der Waals surface area (Å²) in [5.41, 5.74) is 4.33. The van der Waals surface area contributed by atoms with Crippen molar-refractivity contribution < 1.29 is 9.59 Å². The van der Waals surface area contributed by atoms with Crippen molar-refractivity contribution in [3.8, 4) is 11.3 Å². The summed E-state index contributed by atoms with van der Waals surface area (Å²) in [5, 5.41) is 5.41. The third-order valence-electron chi connectivity index (χ3n) is 4.34. The topological polar surface area (TPSA) is 84.0 Å². The molecule has 4 aromatic rings. The predicted molar refractivity (Wildman–Crippen MR) is 112 cm³/mol. The molecule has 0 aliphatic heterocycles. The van der Waals surface area contributed by atoms with Gasteiger partial charge in [-0.15, -0.1) is 0 Å². The summed E-state index contributed by atoms with van der Waals surface area (Å²) in [6.07, 6.45) is 1.71. The van der Waals surface area contributed by atoms with E-state index >= 15 is 0 Å². The van der Waals surface area contributed by atoms with Gasteiger partial charge in [-0.05, 0) is 36.4 Å². The van der Waals surface area contributed by atoms with Crippen LogP contribution in [0, 0.1) is 0 Å². The first kappa shape index (κ1) is 18.3. The summed E-state index contributed by atoms with van der Waals surface area (Å²) in [6.45, 7) is -0.117. The second-order valence-electron chi connectivity index (χ2n) is 6.42. The zero-order chi connectivity index (χ0) is 20.1. The molecular formula is C23H18N4O2. The van der Waals surface area contributed by atoms with Crippen molar-refractivity contribution >= 4 is 28.5 Å². The number of anilines is 1. The molecule has 1 heterocycles. The monoisotopic (exact) mass is 382 g/mol. The van der Waals surface area contributed by atoms with Crippen molar-refractivity contribution in [1.29, 1.82) is 0 Å². The quantitative estimate of drug-likeness (QED) is 0.552. The number of carbonyl (C=O) groups is 2. The van der Waals surface area contributed by atoms with E-state index in [1.165, 1.54) is 0 Å². The number of nitrogens with zero attached hydrogens (tertiary/aromatic N) is 2. The van der Waals surface area contributed by atoms with Gasteiger partial charge in [-0.2, -0.15) is 0 Å². The number of benzene rings is 3. The first-order chi connectivity index (χ1) is 14.2. The molecule has 0 radical (unpaired) electrons. The Balaban J connectivity index is 1.43. The van der Waals surface area contributed by atoms with Crippen LogP contribution >= 0.6 is 0 Å². The minimum atomic E-state index is -0.309. The maximum absolute atomic E-state index is 12.2. The number of fused-ring (bicyclic) bond motifs is 1. The third-order valence-corrected chi connectivity index (χ3v) is 4.34. The van der Waals surface area contributed by atoms with Gasteiger partial charge in [-0.1, -0.05) is 42.5 Å². The van der Waals surface area contributed by atoms with Crippen LogP contribution < -0.4 is 10.6 Å². The number of carbonyl (C=O) groups excluding carboxylic acids is 2. The zero-order valence-electron chi connectivity index (χ0n) is 15.5. The van der Waals surface area contributed by atoms with Crippen molar-refractivity contribution in [2.45, 2.75) is 0 Å². The van der Waals surface area contributed by atoms with Gasteiger partial charge in [0.2, 0.25) is 5.91 Å². The van der Waals surface area contributed by atoms with E-state index in [2.05, 4.69) is 20.6 Å². The molecule has 2 N–H and O–H groups in total. The fourth-order valence-electron chi connectivity index (χ4n) is 2.91. The van der Waals surface area contributed by atoms with Gasteiger partial charge in [0.25, 0.3) is 5.91 Å². The summed E-state index contributed by atoms with van der Waals surface area (Å²) >= 11 is 0. The van der Waals surface area contributed by atoms with Crippen LogP contribution in [-0.2, 0) is 4.79 Å². The van der Waals surface area contributed by atoms with Crippen LogP contribution in [0.3, 0.4) is 0 Å².